The van der Waals surface area contributed by atoms with Gasteiger partial charge in [0, 0.05) is 6.72 Å². The maximum atomic E-state index is 5.72. The molecule has 0 spiro atoms. The van der Waals surface area contributed by atoms with Crippen LogP contribution in [0.3, 0.4) is 0 Å². The summed E-state index contributed by atoms with van der Waals surface area (Å²) in [4.78, 5) is 0. The van der Waals surface area contributed by atoms with Crippen molar-refractivity contribution in [3.05, 3.63) is 28.2 Å². The van der Waals surface area contributed by atoms with Crippen LogP contribution in [-0.4, -0.2) is 6.72 Å². The maximum absolute atomic E-state index is 5.72. The summed E-state index contributed by atoms with van der Waals surface area (Å²) in [5.41, 5.74) is 3.42. The first-order valence-electron chi connectivity index (χ1n) is 2.91. The first kappa shape index (κ1) is 8.37. The highest BCUT2D eigenvalue weighted by Crippen LogP contribution is 2.24. The molecule has 1 aromatic carbocycles. The molecule has 0 unspecified atom stereocenters. The van der Waals surface area contributed by atoms with Crippen LogP contribution >= 0.6 is 23.2 Å². The largest absolute Gasteiger partial charge is 0.279 e. The topological polar surface area (TPSA) is 24.4 Å². The fraction of sp³-hybridized carbons (Fsp3) is 0. The lowest BCUT2D eigenvalue weighted by Gasteiger charge is -2.00. The summed E-state index contributed by atoms with van der Waals surface area (Å²) >= 11 is 11.4. The number of benzene rings is 1. The summed E-state index contributed by atoms with van der Waals surface area (Å²) in [6.45, 7) is 3.27. The number of anilines is 1. The molecular formula is C7H6Cl2N2. The quantitative estimate of drug-likeness (QED) is 0.561. The average molecular weight is 189 g/mol. The van der Waals surface area contributed by atoms with Crippen LogP contribution in [0, 0.1) is 0 Å². The van der Waals surface area contributed by atoms with Crippen molar-refractivity contribution in [3.63, 3.8) is 0 Å². The highest BCUT2D eigenvalue weighted by atomic mass is 35.5. The molecule has 0 aliphatic rings. The van der Waals surface area contributed by atoms with E-state index < -0.39 is 0 Å². The summed E-state index contributed by atoms with van der Waals surface area (Å²) < 4.78 is 0. The molecule has 0 atom stereocenters. The predicted molar refractivity (Wildman–Crippen MR) is 49.6 cm³/mol. The zero-order valence-electron chi connectivity index (χ0n) is 5.64. The Morgan fingerprint density at radius 1 is 1.27 bits per heavy atom. The second-order valence-electron chi connectivity index (χ2n) is 1.90. The average Bonchev–Trinajstić information content (AvgIpc) is 1.98. The lowest BCUT2D eigenvalue weighted by molar-refractivity contribution is 1.37. The van der Waals surface area contributed by atoms with Crippen molar-refractivity contribution >= 4 is 35.6 Å². The Morgan fingerprint density at radius 3 is 2.55 bits per heavy atom. The summed E-state index contributed by atoms with van der Waals surface area (Å²) in [5.74, 6) is 0. The van der Waals surface area contributed by atoms with Gasteiger partial charge in [0.05, 0.1) is 15.7 Å². The van der Waals surface area contributed by atoms with Gasteiger partial charge in [-0.3, -0.25) is 5.43 Å². The van der Waals surface area contributed by atoms with E-state index in [1.54, 1.807) is 18.2 Å². The van der Waals surface area contributed by atoms with Gasteiger partial charge in [0.15, 0.2) is 0 Å². The molecule has 11 heavy (non-hydrogen) atoms. The number of rotatable bonds is 2. The van der Waals surface area contributed by atoms with E-state index in [0.29, 0.717) is 10.0 Å². The molecule has 0 amide bonds. The number of hydrogen-bond donors (Lipinski definition) is 1. The molecule has 4 heteroatoms. The Balaban J connectivity index is 2.95. The molecule has 1 rings (SSSR count). The van der Waals surface area contributed by atoms with Gasteiger partial charge in [-0.05, 0) is 18.2 Å². The van der Waals surface area contributed by atoms with Crippen LogP contribution in [-0.2, 0) is 0 Å². The fourth-order valence-electron chi connectivity index (χ4n) is 0.657. The second kappa shape index (κ2) is 3.60. The van der Waals surface area contributed by atoms with Crippen molar-refractivity contribution in [3.8, 4) is 0 Å². The Hall–Kier alpha value is -0.730. The second-order valence-corrected chi connectivity index (χ2v) is 2.71. The summed E-state index contributed by atoms with van der Waals surface area (Å²) in [7, 11) is 0. The fourth-order valence-corrected chi connectivity index (χ4v) is 0.955. The molecule has 0 bridgehead atoms. The van der Waals surface area contributed by atoms with E-state index in [0.717, 1.165) is 5.69 Å². The van der Waals surface area contributed by atoms with Gasteiger partial charge in [-0.2, -0.15) is 5.10 Å². The van der Waals surface area contributed by atoms with Crippen LogP contribution in [0.15, 0.2) is 23.3 Å². The molecule has 58 valence electrons. The molecule has 0 aliphatic carbocycles. The lowest BCUT2D eigenvalue weighted by Crippen LogP contribution is -1.85. The number of halogens is 2. The van der Waals surface area contributed by atoms with Crippen molar-refractivity contribution in [1.29, 1.82) is 0 Å². The normalized spacial score (nSPS) is 9.27. The van der Waals surface area contributed by atoms with E-state index in [4.69, 9.17) is 23.2 Å². The third-order valence-electron chi connectivity index (χ3n) is 1.13. The zero-order valence-corrected chi connectivity index (χ0v) is 7.15. The van der Waals surface area contributed by atoms with Crippen LogP contribution < -0.4 is 5.43 Å². The van der Waals surface area contributed by atoms with Gasteiger partial charge >= 0.3 is 0 Å². The van der Waals surface area contributed by atoms with Crippen LogP contribution in [0.4, 0.5) is 5.69 Å². The molecule has 0 saturated heterocycles. The van der Waals surface area contributed by atoms with Crippen LogP contribution in [0.25, 0.3) is 0 Å². The van der Waals surface area contributed by atoms with Gasteiger partial charge in [0.1, 0.15) is 0 Å². The highest BCUT2D eigenvalue weighted by Gasteiger charge is 1.96. The minimum absolute atomic E-state index is 0.500. The molecule has 1 aromatic rings. The van der Waals surface area contributed by atoms with Crippen molar-refractivity contribution in [2.75, 3.05) is 5.43 Å². The van der Waals surface area contributed by atoms with Crippen molar-refractivity contribution in [2.45, 2.75) is 0 Å². The van der Waals surface area contributed by atoms with Crippen LogP contribution in [0.5, 0.6) is 0 Å². The first-order valence-corrected chi connectivity index (χ1v) is 3.66. The van der Waals surface area contributed by atoms with Crippen LogP contribution in [0.2, 0.25) is 10.0 Å². The van der Waals surface area contributed by atoms with E-state index in [-0.39, 0.29) is 0 Å². The van der Waals surface area contributed by atoms with Crippen molar-refractivity contribution in [1.82, 2.24) is 0 Å². The van der Waals surface area contributed by atoms with Crippen molar-refractivity contribution in [2.24, 2.45) is 5.10 Å². The number of nitrogens with zero attached hydrogens (tertiary/aromatic N) is 1. The smallest absolute Gasteiger partial charge is 0.0613 e. The van der Waals surface area contributed by atoms with Crippen LogP contribution in [0.1, 0.15) is 0 Å². The number of nitrogens with one attached hydrogen (secondary N) is 1. The molecular weight excluding hydrogens is 183 g/mol. The Kier molecular flexibility index (Phi) is 2.74. The third-order valence-corrected chi connectivity index (χ3v) is 1.87. The van der Waals surface area contributed by atoms with E-state index >= 15 is 0 Å². The molecule has 0 heterocycles. The van der Waals surface area contributed by atoms with Gasteiger partial charge < -0.3 is 0 Å². The van der Waals surface area contributed by atoms with E-state index in [9.17, 15) is 0 Å². The van der Waals surface area contributed by atoms with E-state index in [2.05, 4.69) is 17.2 Å². The maximum Gasteiger partial charge on any atom is 0.0613 e. The molecule has 0 aromatic heterocycles. The Morgan fingerprint density at radius 2 is 2.00 bits per heavy atom. The van der Waals surface area contributed by atoms with Gasteiger partial charge in [-0.15, -0.1) is 0 Å². The monoisotopic (exact) mass is 188 g/mol. The Labute approximate surface area is 74.8 Å². The number of hydrogen-bond acceptors (Lipinski definition) is 2. The lowest BCUT2D eigenvalue weighted by atomic mass is 10.3. The minimum atomic E-state index is 0.500. The van der Waals surface area contributed by atoms with Gasteiger partial charge in [-0.1, -0.05) is 23.2 Å². The highest BCUT2D eigenvalue weighted by molar-refractivity contribution is 6.42. The summed E-state index contributed by atoms with van der Waals surface area (Å²) in [6, 6.07) is 5.14. The van der Waals surface area contributed by atoms with E-state index in [1.807, 2.05) is 0 Å². The van der Waals surface area contributed by atoms with Crippen molar-refractivity contribution < 1.29 is 0 Å². The molecule has 1 N–H and O–H groups in total. The van der Waals surface area contributed by atoms with Gasteiger partial charge in [-0.25, -0.2) is 0 Å². The zero-order chi connectivity index (χ0) is 8.27. The molecule has 0 radical (unpaired) electrons. The third kappa shape index (κ3) is 2.10. The van der Waals surface area contributed by atoms with Gasteiger partial charge in [0.25, 0.3) is 0 Å². The van der Waals surface area contributed by atoms with E-state index in [1.165, 1.54) is 0 Å². The molecule has 2 nitrogen and oxygen atoms in total. The first-order chi connectivity index (χ1) is 5.24. The minimum Gasteiger partial charge on any atom is -0.279 e. The SMILES string of the molecule is C=NNc1ccc(Cl)c(Cl)c1. The molecule has 0 saturated carbocycles. The molecule has 0 aliphatic heterocycles. The Bertz CT molecular complexity index is 273. The summed E-state index contributed by atoms with van der Waals surface area (Å²) in [6.07, 6.45) is 0. The standard InChI is InChI=1S/C7H6Cl2N2/c1-10-11-5-2-3-6(8)7(9)4-5/h2-4,11H,1H2. The molecule has 0 fully saturated rings. The van der Waals surface area contributed by atoms with Gasteiger partial charge in [0.2, 0.25) is 0 Å². The predicted octanol–water partition coefficient (Wildman–Crippen LogP) is 3.02. The summed E-state index contributed by atoms with van der Waals surface area (Å²) in [5, 5.41) is 4.50. The number of hydrazone groups is 1.